The molecule has 1 fully saturated rings. The Morgan fingerprint density at radius 1 is 1.50 bits per heavy atom. The maximum Gasteiger partial charge on any atom is 0.193 e. The van der Waals surface area contributed by atoms with Crippen molar-refractivity contribution in [3.63, 3.8) is 0 Å². The fraction of sp³-hybridized carbons (Fsp3) is 0.500. The zero-order valence-electron chi connectivity index (χ0n) is 11.0. The number of hydrogen-bond donors (Lipinski definition) is 1. The van der Waals surface area contributed by atoms with Gasteiger partial charge in [-0.25, -0.2) is 0 Å². The van der Waals surface area contributed by atoms with Crippen LogP contribution in [0.4, 0.5) is 0 Å². The molecular weight excluding hydrogens is 246 g/mol. The molecule has 0 bridgehead atoms. The van der Waals surface area contributed by atoms with Crippen LogP contribution in [-0.4, -0.2) is 31.0 Å². The fourth-order valence-corrected chi connectivity index (χ4v) is 2.28. The Kier molecular flexibility index (Phi) is 4.48. The van der Waals surface area contributed by atoms with Gasteiger partial charge in [-0.15, -0.1) is 0 Å². The van der Waals surface area contributed by atoms with Gasteiger partial charge in [-0.05, 0) is 37.0 Å². The van der Waals surface area contributed by atoms with Gasteiger partial charge in [-0.1, -0.05) is 23.7 Å². The molecule has 98 valence electrons. The number of nitrogens with zero attached hydrogens (tertiary/aromatic N) is 2. The van der Waals surface area contributed by atoms with Crippen molar-refractivity contribution in [2.75, 3.05) is 14.1 Å². The number of benzene rings is 1. The third-order valence-electron chi connectivity index (χ3n) is 3.32. The summed E-state index contributed by atoms with van der Waals surface area (Å²) < 4.78 is 0. The zero-order chi connectivity index (χ0) is 13.0. The van der Waals surface area contributed by atoms with Crippen LogP contribution in [0, 0.1) is 0 Å². The number of aliphatic imine (C=N–C) groups is 1. The molecule has 2 rings (SSSR count). The minimum atomic E-state index is 0.602. The summed E-state index contributed by atoms with van der Waals surface area (Å²) in [6.07, 6.45) is 3.83. The third kappa shape index (κ3) is 3.39. The predicted molar refractivity (Wildman–Crippen MR) is 77.1 cm³/mol. The SMILES string of the molecule is CN=C(NC1CCC1)N(C)Cc1cccc(Cl)c1. The normalized spacial score (nSPS) is 16.3. The fourth-order valence-electron chi connectivity index (χ4n) is 2.06. The summed E-state index contributed by atoms with van der Waals surface area (Å²) in [4.78, 5) is 6.46. The molecule has 0 amide bonds. The Morgan fingerprint density at radius 3 is 2.83 bits per heavy atom. The minimum absolute atomic E-state index is 0.602. The van der Waals surface area contributed by atoms with E-state index < -0.39 is 0 Å². The van der Waals surface area contributed by atoms with E-state index in [0.29, 0.717) is 6.04 Å². The van der Waals surface area contributed by atoms with Gasteiger partial charge in [-0.2, -0.15) is 0 Å². The van der Waals surface area contributed by atoms with Crippen LogP contribution in [0.15, 0.2) is 29.3 Å². The van der Waals surface area contributed by atoms with Crippen LogP contribution in [0.3, 0.4) is 0 Å². The number of guanidine groups is 1. The first-order valence-electron chi connectivity index (χ1n) is 6.38. The van der Waals surface area contributed by atoms with E-state index in [2.05, 4.69) is 28.3 Å². The lowest BCUT2D eigenvalue weighted by atomic mass is 9.93. The highest BCUT2D eigenvalue weighted by atomic mass is 35.5. The molecule has 1 aromatic carbocycles. The van der Waals surface area contributed by atoms with Gasteiger partial charge >= 0.3 is 0 Å². The van der Waals surface area contributed by atoms with Crippen molar-refractivity contribution in [3.8, 4) is 0 Å². The quantitative estimate of drug-likeness (QED) is 0.672. The lowest BCUT2D eigenvalue weighted by Crippen LogP contribution is -2.46. The van der Waals surface area contributed by atoms with Crippen LogP contribution in [0.1, 0.15) is 24.8 Å². The first kappa shape index (κ1) is 13.2. The molecular formula is C14H20ClN3. The van der Waals surface area contributed by atoms with E-state index in [4.69, 9.17) is 11.6 Å². The van der Waals surface area contributed by atoms with Crippen molar-refractivity contribution in [2.24, 2.45) is 4.99 Å². The Hall–Kier alpha value is -1.22. The van der Waals surface area contributed by atoms with Crippen LogP contribution in [0.2, 0.25) is 5.02 Å². The van der Waals surface area contributed by atoms with Gasteiger partial charge in [0.15, 0.2) is 5.96 Å². The summed E-state index contributed by atoms with van der Waals surface area (Å²) in [6.45, 7) is 0.812. The van der Waals surface area contributed by atoms with E-state index in [1.54, 1.807) is 0 Å². The largest absolute Gasteiger partial charge is 0.354 e. The Balaban J connectivity index is 1.94. The van der Waals surface area contributed by atoms with Crippen LogP contribution in [-0.2, 0) is 6.54 Å². The molecule has 4 heteroatoms. The molecule has 0 heterocycles. The van der Waals surface area contributed by atoms with Crippen molar-refractivity contribution < 1.29 is 0 Å². The second-order valence-corrected chi connectivity index (χ2v) is 5.24. The van der Waals surface area contributed by atoms with Gasteiger partial charge in [0.1, 0.15) is 0 Å². The molecule has 0 radical (unpaired) electrons. The molecule has 0 spiro atoms. The highest BCUT2D eigenvalue weighted by molar-refractivity contribution is 6.30. The summed E-state index contributed by atoms with van der Waals surface area (Å²) in [6, 6.07) is 8.55. The van der Waals surface area contributed by atoms with Gasteiger partial charge in [0.2, 0.25) is 0 Å². The van der Waals surface area contributed by atoms with Gasteiger partial charge in [0.25, 0.3) is 0 Å². The first-order valence-corrected chi connectivity index (χ1v) is 6.75. The van der Waals surface area contributed by atoms with Crippen LogP contribution < -0.4 is 5.32 Å². The third-order valence-corrected chi connectivity index (χ3v) is 3.56. The molecule has 1 N–H and O–H groups in total. The Labute approximate surface area is 114 Å². The van der Waals surface area contributed by atoms with Crippen molar-refractivity contribution in [3.05, 3.63) is 34.9 Å². The topological polar surface area (TPSA) is 27.6 Å². The second kappa shape index (κ2) is 6.10. The standard InChI is InChI=1S/C14H20ClN3/c1-16-14(17-13-7-4-8-13)18(2)10-11-5-3-6-12(15)9-11/h3,5-6,9,13H,4,7-8,10H2,1-2H3,(H,16,17). The maximum absolute atomic E-state index is 5.99. The summed E-state index contributed by atoms with van der Waals surface area (Å²) in [7, 11) is 3.88. The molecule has 0 unspecified atom stereocenters. The van der Waals surface area contributed by atoms with E-state index in [0.717, 1.165) is 17.5 Å². The van der Waals surface area contributed by atoms with Crippen LogP contribution in [0.25, 0.3) is 0 Å². The summed E-state index contributed by atoms with van der Waals surface area (Å²) in [5.41, 5.74) is 1.20. The molecule has 0 aromatic heterocycles. The highest BCUT2D eigenvalue weighted by Crippen LogP contribution is 2.18. The van der Waals surface area contributed by atoms with Gasteiger partial charge in [0.05, 0.1) is 0 Å². The average molecular weight is 266 g/mol. The molecule has 1 aliphatic rings. The van der Waals surface area contributed by atoms with Crippen LogP contribution in [0.5, 0.6) is 0 Å². The second-order valence-electron chi connectivity index (χ2n) is 4.81. The summed E-state index contributed by atoms with van der Waals surface area (Å²) in [5.74, 6) is 0.958. The first-order chi connectivity index (χ1) is 8.69. The monoisotopic (exact) mass is 265 g/mol. The lowest BCUT2D eigenvalue weighted by Gasteiger charge is -2.31. The van der Waals surface area contributed by atoms with Gasteiger partial charge in [0, 0.05) is 31.7 Å². The summed E-state index contributed by atoms with van der Waals surface area (Å²) in [5, 5.41) is 4.26. The van der Waals surface area contributed by atoms with E-state index in [1.807, 2.05) is 25.2 Å². The predicted octanol–water partition coefficient (Wildman–Crippen LogP) is 2.90. The Bertz CT molecular complexity index is 427. The number of nitrogens with one attached hydrogen (secondary N) is 1. The molecule has 0 atom stereocenters. The average Bonchev–Trinajstić information content (AvgIpc) is 2.27. The van der Waals surface area contributed by atoms with Gasteiger partial charge in [-0.3, -0.25) is 4.99 Å². The van der Waals surface area contributed by atoms with E-state index >= 15 is 0 Å². The molecule has 18 heavy (non-hydrogen) atoms. The Morgan fingerprint density at radius 2 is 2.28 bits per heavy atom. The van der Waals surface area contributed by atoms with Crippen molar-refractivity contribution in [1.82, 2.24) is 10.2 Å². The molecule has 1 saturated carbocycles. The maximum atomic E-state index is 5.99. The van der Waals surface area contributed by atoms with Crippen molar-refractivity contribution in [2.45, 2.75) is 31.8 Å². The molecule has 3 nitrogen and oxygen atoms in total. The van der Waals surface area contributed by atoms with Crippen LogP contribution >= 0.6 is 11.6 Å². The number of halogens is 1. The van der Waals surface area contributed by atoms with Gasteiger partial charge < -0.3 is 10.2 Å². The zero-order valence-corrected chi connectivity index (χ0v) is 11.7. The van der Waals surface area contributed by atoms with E-state index in [9.17, 15) is 0 Å². The minimum Gasteiger partial charge on any atom is -0.354 e. The molecule has 1 aliphatic carbocycles. The molecule has 0 saturated heterocycles. The van der Waals surface area contributed by atoms with E-state index in [1.165, 1.54) is 24.8 Å². The lowest BCUT2D eigenvalue weighted by molar-refractivity contribution is 0.359. The smallest absolute Gasteiger partial charge is 0.193 e. The van der Waals surface area contributed by atoms with Crippen molar-refractivity contribution in [1.29, 1.82) is 0 Å². The number of hydrogen-bond acceptors (Lipinski definition) is 1. The molecule has 1 aromatic rings. The highest BCUT2D eigenvalue weighted by Gasteiger charge is 2.19. The van der Waals surface area contributed by atoms with E-state index in [-0.39, 0.29) is 0 Å². The van der Waals surface area contributed by atoms with Crippen molar-refractivity contribution >= 4 is 17.6 Å². The molecule has 0 aliphatic heterocycles. The summed E-state index contributed by atoms with van der Waals surface area (Å²) >= 11 is 5.99. The number of rotatable bonds is 3.